The van der Waals surface area contributed by atoms with E-state index in [0.29, 0.717) is 5.56 Å². The molecule has 3 nitrogen and oxygen atoms in total. The van der Waals surface area contributed by atoms with Gasteiger partial charge in [-0.15, -0.1) is 0 Å². The van der Waals surface area contributed by atoms with Gasteiger partial charge in [-0.25, -0.2) is 0 Å². The van der Waals surface area contributed by atoms with Crippen LogP contribution in [0.1, 0.15) is 24.8 Å². The third-order valence-electron chi connectivity index (χ3n) is 2.26. The molecule has 0 fully saturated rings. The second kappa shape index (κ2) is 3.44. The van der Waals surface area contributed by atoms with E-state index in [1.807, 2.05) is 4.68 Å². The number of aromatic nitrogens is 2. The molecule has 3 heteroatoms. The standard InChI is InChI=1S/C10H11N3/c11-5-10-6-12-13(8-10)7-9-3-1-2-4-9/h3,6,8H,1-2,4,7H2. The molecular weight excluding hydrogens is 162 g/mol. The van der Waals surface area contributed by atoms with Gasteiger partial charge >= 0.3 is 0 Å². The molecule has 66 valence electrons. The van der Waals surface area contributed by atoms with Crippen LogP contribution < -0.4 is 0 Å². The quantitative estimate of drug-likeness (QED) is 0.640. The third kappa shape index (κ3) is 1.78. The number of allylic oxidation sites excluding steroid dienone is 2. The van der Waals surface area contributed by atoms with Gasteiger partial charge in [0.1, 0.15) is 6.07 Å². The maximum absolute atomic E-state index is 8.59. The summed E-state index contributed by atoms with van der Waals surface area (Å²) in [5, 5.41) is 12.7. The topological polar surface area (TPSA) is 41.6 Å². The van der Waals surface area contributed by atoms with E-state index in [1.54, 1.807) is 12.4 Å². The fourth-order valence-electron chi connectivity index (χ4n) is 1.60. The zero-order valence-corrected chi connectivity index (χ0v) is 7.40. The zero-order chi connectivity index (χ0) is 9.10. The first kappa shape index (κ1) is 8.06. The van der Waals surface area contributed by atoms with E-state index in [0.717, 1.165) is 6.54 Å². The van der Waals surface area contributed by atoms with Gasteiger partial charge in [-0.3, -0.25) is 4.68 Å². The van der Waals surface area contributed by atoms with Crippen molar-refractivity contribution in [3.63, 3.8) is 0 Å². The van der Waals surface area contributed by atoms with Crippen molar-refractivity contribution in [2.45, 2.75) is 25.8 Å². The van der Waals surface area contributed by atoms with Crippen molar-refractivity contribution in [1.82, 2.24) is 9.78 Å². The average Bonchev–Trinajstić information content (AvgIpc) is 2.76. The average molecular weight is 173 g/mol. The van der Waals surface area contributed by atoms with E-state index >= 15 is 0 Å². The summed E-state index contributed by atoms with van der Waals surface area (Å²) in [4.78, 5) is 0. The molecule has 0 atom stereocenters. The number of hydrogen-bond acceptors (Lipinski definition) is 2. The molecule has 1 aliphatic carbocycles. The van der Waals surface area contributed by atoms with Gasteiger partial charge < -0.3 is 0 Å². The van der Waals surface area contributed by atoms with Gasteiger partial charge in [0.15, 0.2) is 0 Å². The molecule has 0 radical (unpaired) electrons. The fourth-order valence-corrected chi connectivity index (χ4v) is 1.60. The Morgan fingerprint density at radius 1 is 1.62 bits per heavy atom. The van der Waals surface area contributed by atoms with Crippen LogP contribution in [0.4, 0.5) is 0 Å². The van der Waals surface area contributed by atoms with E-state index in [-0.39, 0.29) is 0 Å². The molecule has 13 heavy (non-hydrogen) atoms. The molecule has 0 saturated heterocycles. The van der Waals surface area contributed by atoms with Crippen molar-refractivity contribution in [2.75, 3.05) is 0 Å². The van der Waals surface area contributed by atoms with Gasteiger partial charge in [0, 0.05) is 6.20 Å². The van der Waals surface area contributed by atoms with Crippen LogP contribution in [0.15, 0.2) is 24.0 Å². The highest BCUT2D eigenvalue weighted by molar-refractivity contribution is 5.22. The minimum absolute atomic E-state index is 0.638. The van der Waals surface area contributed by atoms with E-state index in [4.69, 9.17) is 5.26 Å². The molecule has 1 aromatic rings. The largest absolute Gasteiger partial charge is 0.267 e. The lowest BCUT2D eigenvalue weighted by Gasteiger charge is -2.00. The van der Waals surface area contributed by atoms with Crippen LogP contribution in [0, 0.1) is 11.3 Å². The van der Waals surface area contributed by atoms with Crippen LogP contribution in [0.5, 0.6) is 0 Å². The van der Waals surface area contributed by atoms with Crippen molar-refractivity contribution in [2.24, 2.45) is 0 Å². The minimum Gasteiger partial charge on any atom is -0.267 e. The highest BCUT2D eigenvalue weighted by Gasteiger charge is 2.05. The second-order valence-electron chi connectivity index (χ2n) is 3.29. The molecule has 0 unspecified atom stereocenters. The smallest absolute Gasteiger partial charge is 0.102 e. The Balaban J connectivity index is 2.06. The summed E-state index contributed by atoms with van der Waals surface area (Å²) in [5.74, 6) is 0. The van der Waals surface area contributed by atoms with Crippen molar-refractivity contribution < 1.29 is 0 Å². The lowest BCUT2D eigenvalue weighted by atomic mass is 10.2. The zero-order valence-electron chi connectivity index (χ0n) is 7.40. The summed E-state index contributed by atoms with van der Waals surface area (Å²) < 4.78 is 1.83. The number of nitrogens with zero attached hydrogens (tertiary/aromatic N) is 3. The Kier molecular flexibility index (Phi) is 2.13. The number of rotatable bonds is 2. The maximum atomic E-state index is 8.59. The number of nitriles is 1. The summed E-state index contributed by atoms with van der Waals surface area (Å²) in [6, 6.07) is 2.07. The molecule has 0 bridgehead atoms. The molecular formula is C10H11N3. The van der Waals surface area contributed by atoms with Crippen LogP contribution in [-0.2, 0) is 6.54 Å². The summed E-state index contributed by atoms with van der Waals surface area (Å²) in [5.41, 5.74) is 2.08. The van der Waals surface area contributed by atoms with Gasteiger partial charge in [-0.1, -0.05) is 11.6 Å². The minimum atomic E-state index is 0.638. The summed E-state index contributed by atoms with van der Waals surface area (Å²) >= 11 is 0. The second-order valence-corrected chi connectivity index (χ2v) is 3.29. The Bertz CT molecular complexity index is 368. The van der Waals surface area contributed by atoms with Crippen molar-refractivity contribution >= 4 is 0 Å². The van der Waals surface area contributed by atoms with Gasteiger partial charge in [0.25, 0.3) is 0 Å². The molecule has 0 aromatic carbocycles. The molecule has 1 aromatic heterocycles. The van der Waals surface area contributed by atoms with Crippen LogP contribution in [0.25, 0.3) is 0 Å². The number of hydrogen-bond donors (Lipinski definition) is 0. The third-order valence-corrected chi connectivity index (χ3v) is 2.26. The Labute approximate surface area is 77.3 Å². The first-order valence-electron chi connectivity index (χ1n) is 4.49. The SMILES string of the molecule is N#Cc1cnn(CC2=CCCC2)c1. The Hall–Kier alpha value is -1.56. The van der Waals surface area contributed by atoms with Crippen molar-refractivity contribution in [3.05, 3.63) is 29.6 Å². The van der Waals surface area contributed by atoms with E-state index in [2.05, 4.69) is 17.2 Å². The van der Waals surface area contributed by atoms with Gasteiger partial charge in [0.2, 0.25) is 0 Å². The molecule has 0 saturated carbocycles. The van der Waals surface area contributed by atoms with Gasteiger partial charge in [-0.2, -0.15) is 10.4 Å². The molecule has 0 N–H and O–H groups in total. The maximum Gasteiger partial charge on any atom is 0.102 e. The van der Waals surface area contributed by atoms with Gasteiger partial charge in [0.05, 0.1) is 18.3 Å². The summed E-state index contributed by atoms with van der Waals surface area (Å²) in [6.07, 6.45) is 9.31. The molecule has 0 amide bonds. The lowest BCUT2D eigenvalue weighted by molar-refractivity contribution is 0.662. The first-order valence-corrected chi connectivity index (χ1v) is 4.49. The highest BCUT2D eigenvalue weighted by atomic mass is 15.3. The summed E-state index contributed by atoms with van der Waals surface area (Å²) in [7, 11) is 0. The van der Waals surface area contributed by atoms with Crippen LogP contribution in [0.2, 0.25) is 0 Å². The molecule has 2 rings (SSSR count). The highest BCUT2D eigenvalue weighted by Crippen LogP contribution is 2.18. The molecule has 0 aliphatic heterocycles. The van der Waals surface area contributed by atoms with Gasteiger partial charge in [-0.05, 0) is 19.3 Å². The van der Waals surface area contributed by atoms with Crippen LogP contribution in [-0.4, -0.2) is 9.78 Å². The Morgan fingerprint density at radius 2 is 2.54 bits per heavy atom. The van der Waals surface area contributed by atoms with E-state index in [1.165, 1.54) is 24.8 Å². The van der Waals surface area contributed by atoms with E-state index in [9.17, 15) is 0 Å². The summed E-state index contributed by atoms with van der Waals surface area (Å²) in [6.45, 7) is 0.849. The molecule has 1 heterocycles. The first-order chi connectivity index (χ1) is 6.38. The molecule has 0 spiro atoms. The molecule has 1 aliphatic rings. The van der Waals surface area contributed by atoms with E-state index < -0.39 is 0 Å². The lowest BCUT2D eigenvalue weighted by Crippen LogP contribution is -1.99. The van der Waals surface area contributed by atoms with Crippen molar-refractivity contribution in [3.8, 4) is 6.07 Å². The van der Waals surface area contributed by atoms with Crippen LogP contribution >= 0.6 is 0 Å². The van der Waals surface area contributed by atoms with Crippen LogP contribution in [0.3, 0.4) is 0 Å². The Morgan fingerprint density at radius 3 is 3.15 bits per heavy atom. The predicted octanol–water partition coefficient (Wildman–Crippen LogP) is 1.87. The van der Waals surface area contributed by atoms with Crippen molar-refractivity contribution in [1.29, 1.82) is 5.26 Å². The predicted molar refractivity (Wildman–Crippen MR) is 48.9 cm³/mol. The fraction of sp³-hybridized carbons (Fsp3) is 0.400. The normalized spacial score (nSPS) is 15.5. The monoisotopic (exact) mass is 173 g/mol.